The molecule has 1 fully saturated rings. The van der Waals surface area contributed by atoms with E-state index in [0.29, 0.717) is 17.1 Å². The van der Waals surface area contributed by atoms with Crippen molar-refractivity contribution in [1.82, 2.24) is 5.32 Å². The van der Waals surface area contributed by atoms with Crippen molar-refractivity contribution in [2.24, 2.45) is 0 Å². The third kappa shape index (κ3) is 4.32. The van der Waals surface area contributed by atoms with Gasteiger partial charge >= 0.3 is 0 Å². The van der Waals surface area contributed by atoms with E-state index in [1.54, 1.807) is 17.6 Å². The molecule has 2 aromatic heterocycles. The molecule has 1 saturated heterocycles. The van der Waals surface area contributed by atoms with Crippen molar-refractivity contribution in [1.29, 1.82) is 0 Å². The number of ether oxygens (including phenoxy) is 1. The number of anilines is 1. The lowest BCUT2D eigenvalue weighted by atomic mass is 9.95. The summed E-state index contributed by atoms with van der Waals surface area (Å²) in [6, 6.07) is 5.96. The molecule has 1 aromatic carbocycles. The zero-order chi connectivity index (χ0) is 22.1. The number of hydrogen-bond donors (Lipinski definition) is 2. The molecule has 2 N–H and O–H groups in total. The van der Waals surface area contributed by atoms with Crippen LogP contribution in [0.1, 0.15) is 57.6 Å². The Morgan fingerprint density at radius 1 is 1.19 bits per heavy atom. The molecule has 1 aliphatic heterocycles. The lowest BCUT2D eigenvalue weighted by Gasteiger charge is -2.15. The number of nitrogens with one attached hydrogen (secondary N) is 2. The standard InChI is InChI=1S/C25H28N2O4S/c1-15-8-9-20-19(11-15)16(14-31-20)12-22(28)27-25-23(18-6-2-3-7-21(18)32-25)24(29)26-13-17-5-4-10-30-17/h8-9,11,14,17H,2-7,10,12-13H2,1H3,(H,26,29)(H,27,28). The SMILES string of the molecule is Cc1ccc2occ(CC(=O)Nc3sc4c(c3C(=O)NCC3CCCO3)CCCC4)c2c1. The van der Waals surface area contributed by atoms with Crippen molar-refractivity contribution in [2.75, 3.05) is 18.5 Å². The number of carbonyl (C=O) groups is 2. The molecule has 0 spiro atoms. The van der Waals surface area contributed by atoms with Gasteiger partial charge in [-0.05, 0) is 63.1 Å². The number of aryl methyl sites for hydroxylation is 2. The summed E-state index contributed by atoms with van der Waals surface area (Å²) < 4.78 is 11.3. The summed E-state index contributed by atoms with van der Waals surface area (Å²) in [7, 11) is 0. The van der Waals surface area contributed by atoms with Gasteiger partial charge < -0.3 is 19.8 Å². The molecule has 3 heterocycles. The van der Waals surface area contributed by atoms with Crippen molar-refractivity contribution < 1.29 is 18.7 Å². The Kier molecular flexibility index (Phi) is 6.02. The zero-order valence-corrected chi connectivity index (χ0v) is 19.1. The number of rotatable bonds is 6. The molecule has 1 atom stereocenters. The highest BCUT2D eigenvalue weighted by atomic mass is 32.1. The number of amides is 2. The van der Waals surface area contributed by atoms with E-state index >= 15 is 0 Å². The number of hydrogen-bond acceptors (Lipinski definition) is 5. The van der Waals surface area contributed by atoms with Gasteiger partial charge in [-0.3, -0.25) is 9.59 Å². The molecule has 0 bridgehead atoms. The third-order valence-corrected chi connectivity index (χ3v) is 7.53. The van der Waals surface area contributed by atoms with Crippen molar-refractivity contribution in [3.8, 4) is 0 Å². The molecule has 168 valence electrons. The van der Waals surface area contributed by atoms with Crippen molar-refractivity contribution in [3.63, 3.8) is 0 Å². The van der Waals surface area contributed by atoms with E-state index in [2.05, 4.69) is 10.6 Å². The van der Waals surface area contributed by atoms with Gasteiger partial charge in [-0.2, -0.15) is 0 Å². The molecule has 32 heavy (non-hydrogen) atoms. The second kappa shape index (κ2) is 9.08. The Labute approximate surface area is 191 Å². The Bertz CT molecular complexity index is 1160. The Hall–Kier alpha value is -2.64. The molecule has 1 aliphatic carbocycles. The van der Waals surface area contributed by atoms with Gasteiger partial charge in [0.2, 0.25) is 5.91 Å². The molecule has 2 aliphatic rings. The smallest absolute Gasteiger partial charge is 0.254 e. The summed E-state index contributed by atoms with van der Waals surface area (Å²) in [6.07, 6.45) is 8.01. The first-order valence-electron chi connectivity index (χ1n) is 11.4. The second-order valence-corrected chi connectivity index (χ2v) is 9.85. The predicted octanol–water partition coefficient (Wildman–Crippen LogP) is 4.77. The minimum Gasteiger partial charge on any atom is -0.464 e. The second-order valence-electron chi connectivity index (χ2n) is 8.75. The average molecular weight is 453 g/mol. The van der Waals surface area contributed by atoms with Crippen molar-refractivity contribution >= 4 is 39.1 Å². The molecule has 2 amide bonds. The van der Waals surface area contributed by atoms with E-state index in [1.165, 1.54) is 4.88 Å². The van der Waals surface area contributed by atoms with Crippen LogP contribution in [0.15, 0.2) is 28.9 Å². The lowest BCUT2D eigenvalue weighted by Crippen LogP contribution is -2.32. The molecule has 6 nitrogen and oxygen atoms in total. The lowest BCUT2D eigenvalue weighted by molar-refractivity contribution is -0.115. The molecule has 7 heteroatoms. The molecule has 3 aromatic rings. The van der Waals surface area contributed by atoms with E-state index in [-0.39, 0.29) is 24.3 Å². The van der Waals surface area contributed by atoms with E-state index in [9.17, 15) is 9.59 Å². The molecule has 0 saturated carbocycles. The first kappa shape index (κ1) is 21.2. The minimum atomic E-state index is -0.138. The fourth-order valence-electron chi connectivity index (χ4n) is 4.67. The first-order chi connectivity index (χ1) is 15.6. The average Bonchev–Trinajstić information content (AvgIpc) is 3.51. The van der Waals surface area contributed by atoms with Crippen LogP contribution < -0.4 is 10.6 Å². The largest absolute Gasteiger partial charge is 0.464 e. The Morgan fingerprint density at radius 3 is 2.91 bits per heavy atom. The summed E-state index contributed by atoms with van der Waals surface area (Å²) in [5.74, 6) is -0.249. The summed E-state index contributed by atoms with van der Waals surface area (Å²) in [6.45, 7) is 3.29. The van der Waals surface area contributed by atoms with E-state index in [1.807, 2.05) is 25.1 Å². The molecule has 1 unspecified atom stereocenters. The van der Waals surface area contributed by atoms with Gasteiger partial charge in [-0.25, -0.2) is 0 Å². The van der Waals surface area contributed by atoms with E-state index in [4.69, 9.17) is 9.15 Å². The number of benzene rings is 1. The Morgan fingerprint density at radius 2 is 2.06 bits per heavy atom. The van der Waals surface area contributed by atoms with Gasteiger partial charge in [0, 0.05) is 29.0 Å². The van der Waals surface area contributed by atoms with Crippen LogP contribution in [0, 0.1) is 6.92 Å². The number of carbonyl (C=O) groups excluding carboxylic acids is 2. The first-order valence-corrected chi connectivity index (χ1v) is 12.2. The number of thiophene rings is 1. The fourth-order valence-corrected chi connectivity index (χ4v) is 5.97. The topological polar surface area (TPSA) is 80.6 Å². The molecule has 5 rings (SSSR count). The summed E-state index contributed by atoms with van der Waals surface area (Å²) in [5.41, 5.74) is 4.50. The van der Waals surface area contributed by atoms with Crippen LogP contribution in [-0.4, -0.2) is 31.1 Å². The zero-order valence-electron chi connectivity index (χ0n) is 18.3. The maximum Gasteiger partial charge on any atom is 0.254 e. The maximum atomic E-state index is 13.1. The highest BCUT2D eigenvalue weighted by molar-refractivity contribution is 7.17. The van der Waals surface area contributed by atoms with Gasteiger partial charge in [-0.15, -0.1) is 11.3 Å². The van der Waals surface area contributed by atoms with Crippen LogP contribution in [-0.2, 0) is 28.8 Å². The maximum absolute atomic E-state index is 13.1. The van der Waals surface area contributed by atoms with Crippen LogP contribution in [0.2, 0.25) is 0 Å². The van der Waals surface area contributed by atoms with Crippen LogP contribution in [0.4, 0.5) is 5.00 Å². The monoisotopic (exact) mass is 452 g/mol. The highest BCUT2D eigenvalue weighted by Crippen LogP contribution is 2.38. The quantitative estimate of drug-likeness (QED) is 0.564. The van der Waals surface area contributed by atoms with Gasteiger partial charge in [0.25, 0.3) is 5.91 Å². The van der Waals surface area contributed by atoms with Crippen LogP contribution in [0.3, 0.4) is 0 Å². The van der Waals surface area contributed by atoms with E-state index in [0.717, 1.165) is 72.8 Å². The van der Waals surface area contributed by atoms with Crippen molar-refractivity contribution in [3.05, 3.63) is 51.6 Å². The van der Waals surface area contributed by atoms with Crippen LogP contribution >= 0.6 is 11.3 Å². The van der Waals surface area contributed by atoms with Gasteiger partial charge in [0.1, 0.15) is 10.6 Å². The van der Waals surface area contributed by atoms with Gasteiger partial charge in [-0.1, -0.05) is 11.6 Å². The number of fused-ring (bicyclic) bond motifs is 2. The third-order valence-electron chi connectivity index (χ3n) is 6.33. The van der Waals surface area contributed by atoms with Gasteiger partial charge in [0.05, 0.1) is 24.4 Å². The van der Waals surface area contributed by atoms with E-state index < -0.39 is 0 Å². The molecule has 0 radical (unpaired) electrons. The molecular weight excluding hydrogens is 424 g/mol. The molecular formula is C25H28N2O4S. The number of furan rings is 1. The summed E-state index contributed by atoms with van der Waals surface area (Å²) in [5, 5.41) is 7.70. The van der Waals surface area contributed by atoms with Gasteiger partial charge in [0.15, 0.2) is 0 Å². The predicted molar refractivity (Wildman–Crippen MR) is 126 cm³/mol. The minimum absolute atomic E-state index is 0.0873. The van der Waals surface area contributed by atoms with Crippen molar-refractivity contribution in [2.45, 2.75) is 58.0 Å². The summed E-state index contributed by atoms with van der Waals surface area (Å²) >= 11 is 1.55. The Balaban J connectivity index is 1.35. The normalized spacial score (nSPS) is 18.0. The van der Waals surface area contributed by atoms with Crippen LogP contribution in [0.25, 0.3) is 11.0 Å². The fraction of sp³-hybridized carbons (Fsp3) is 0.440. The van der Waals surface area contributed by atoms with Crippen LogP contribution in [0.5, 0.6) is 0 Å². The summed E-state index contributed by atoms with van der Waals surface area (Å²) in [4.78, 5) is 27.3. The highest BCUT2D eigenvalue weighted by Gasteiger charge is 2.27.